The van der Waals surface area contributed by atoms with Gasteiger partial charge in [-0.3, -0.25) is 0 Å². The number of benzene rings is 2. The Morgan fingerprint density at radius 2 is 1.86 bits per heavy atom. The van der Waals surface area contributed by atoms with Crippen molar-refractivity contribution in [1.82, 2.24) is 0 Å². The van der Waals surface area contributed by atoms with Gasteiger partial charge in [-0.2, -0.15) is 0 Å². The van der Waals surface area contributed by atoms with Crippen molar-refractivity contribution in [1.29, 1.82) is 0 Å². The number of halogens is 1. The van der Waals surface area contributed by atoms with Crippen molar-refractivity contribution in [2.24, 2.45) is 0 Å². The molecule has 0 heterocycles. The zero-order valence-electron chi connectivity index (χ0n) is 12.8. The van der Waals surface area contributed by atoms with Crippen molar-refractivity contribution >= 4 is 22.4 Å². The number of aryl methyl sites for hydroxylation is 1. The van der Waals surface area contributed by atoms with E-state index in [9.17, 15) is 0 Å². The highest BCUT2D eigenvalue weighted by Crippen LogP contribution is 2.31. The Hall–Kier alpha value is -1.41. The lowest BCUT2D eigenvalue weighted by Crippen LogP contribution is -2.01. The Bertz CT molecular complexity index is 581. The summed E-state index contributed by atoms with van der Waals surface area (Å²) >= 11 is 5.70. The lowest BCUT2D eigenvalue weighted by molar-refractivity contribution is 0.315. The molecule has 0 saturated carbocycles. The van der Waals surface area contributed by atoms with Crippen LogP contribution in [0.2, 0.25) is 0 Å². The molecule has 0 aliphatic rings. The van der Waals surface area contributed by atoms with Gasteiger partial charge in [-0.15, -0.1) is 11.6 Å². The number of hydrogen-bond acceptors (Lipinski definition) is 2. The lowest BCUT2D eigenvalue weighted by atomic mass is 10.0. The van der Waals surface area contributed by atoms with E-state index in [0.29, 0.717) is 12.5 Å². The number of rotatable bonds is 8. The van der Waals surface area contributed by atoms with Crippen LogP contribution in [0.3, 0.4) is 0 Å². The van der Waals surface area contributed by atoms with E-state index in [-0.39, 0.29) is 0 Å². The SMILES string of the molecule is CCCOc1ccc2c(CC)c(OCCCCl)ccc2c1. The van der Waals surface area contributed by atoms with Gasteiger partial charge in [0.1, 0.15) is 11.5 Å². The third kappa shape index (κ3) is 4.04. The smallest absolute Gasteiger partial charge is 0.123 e. The van der Waals surface area contributed by atoms with Gasteiger partial charge < -0.3 is 9.47 Å². The van der Waals surface area contributed by atoms with Crippen LogP contribution in [0.25, 0.3) is 10.8 Å². The summed E-state index contributed by atoms with van der Waals surface area (Å²) in [6.45, 7) is 5.69. The van der Waals surface area contributed by atoms with E-state index < -0.39 is 0 Å². The molecule has 0 amide bonds. The maximum absolute atomic E-state index is 5.86. The fraction of sp³-hybridized carbons (Fsp3) is 0.444. The molecule has 0 aromatic heterocycles. The van der Waals surface area contributed by atoms with E-state index in [0.717, 1.165) is 37.4 Å². The highest BCUT2D eigenvalue weighted by atomic mass is 35.5. The standard InChI is InChI=1S/C18H23ClO2/c1-3-11-20-15-7-8-17-14(13-15)6-9-18(16(17)4-2)21-12-5-10-19/h6-9,13H,3-5,10-12H2,1-2H3. The van der Waals surface area contributed by atoms with Crippen molar-refractivity contribution in [2.75, 3.05) is 19.1 Å². The molecule has 0 radical (unpaired) electrons. The zero-order valence-corrected chi connectivity index (χ0v) is 13.6. The molecule has 21 heavy (non-hydrogen) atoms. The molecule has 0 fully saturated rings. The number of ether oxygens (including phenoxy) is 2. The maximum Gasteiger partial charge on any atom is 0.123 e. The van der Waals surface area contributed by atoms with E-state index in [1.807, 2.05) is 6.07 Å². The van der Waals surface area contributed by atoms with Crippen molar-refractivity contribution in [3.8, 4) is 11.5 Å². The van der Waals surface area contributed by atoms with Crippen molar-refractivity contribution in [3.05, 3.63) is 35.9 Å². The average Bonchev–Trinajstić information content (AvgIpc) is 2.52. The summed E-state index contributed by atoms with van der Waals surface area (Å²) in [4.78, 5) is 0. The predicted octanol–water partition coefficient (Wildman–Crippen LogP) is 5.20. The van der Waals surface area contributed by atoms with Gasteiger partial charge in [0, 0.05) is 11.4 Å². The summed E-state index contributed by atoms with van der Waals surface area (Å²) in [5.74, 6) is 2.53. The minimum atomic E-state index is 0.632. The van der Waals surface area contributed by atoms with Crippen molar-refractivity contribution in [3.63, 3.8) is 0 Å². The third-order valence-electron chi connectivity index (χ3n) is 3.42. The maximum atomic E-state index is 5.86. The second kappa shape index (κ2) is 8.14. The summed E-state index contributed by atoms with van der Waals surface area (Å²) in [6.07, 6.45) is 2.83. The van der Waals surface area contributed by atoms with E-state index in [4.69, 9.17) is 21.1 Å². The van der Waals surface area contributed by atoms with Gasteiger partial charge in [-0.25, -0.2) is 0 Å². The topological polar surface area (TPSA) is 18.5 Å². The zero-order chi connectivity index (χ0) is 15.1. The highest BCUT2D eigenvalue weighted by molar-refractivity contribution is 6.17. The summed E-state index contributed by atoms with van der Waals surface area (Å²) in [7, 11) is 0. The number of hydrogen-bond donors (Lipinski definition) is 0. The average molecular weight is 307 g/mol. The first kappa shape index (κ1) is 16.0. The summed E-state index contributed by atoms with van der Waals surface area (Å²) < 4.78 is 11.6. The molecule has 2 aromatic rings. The molecule has 0 saturated heterocycles. The van der Waals surface area contributed by atoms with E-state index in [1.54, 1.807) is 0 Å². The molecule has 0 aliphatic heterocycles. The van der Waals surface area contributed by atoms with Crippen LogP contribution in [0.1, 0.15) is 32.3 Å². The Morgan fingerprint density at radius 1 is 1.00 bits per heavy atom. The highest BCUT2D eigenvalue weighted by Gasteiger charge is 2.08. The Morgan fingerprint density at radius 3 is 2.57 bits per heavy atom. The predicted molar refractivity (Wildman–Crippen MR) is 89.9 cm³/mol. The minimum Gasteiger partial charge on any atom is -0.494 e. The molecule has 0 N–H and O–H groups in total. The lowest BCUT2D eigenvalue weighted by Gasteiger charge is -2.14. The van der Waals surface area contributed by atoms with Crippen LogP contribution < -0.4 is 9.47 Å². The Balaban J connectivity index is 2.29. The van der Waals surface area contributed by atoms with E-state index >= 15 is 0 Å². The quantitative estimate of drug-likeness (QED) is 0.493. The van der Waals surface area contributed by atoms with Gasteiger partial charge in [-0.05, 0) is 48.2 Å². The molecule has 0 unspecified atom stereocenters. The van der Waals surface area contributed by atoms with Gasteiger partial charge in [0.2, 0.25) is 0 Å². The molecule has 114 valence electrons. The molecule has 2 nitrogen and oxygen atoms in total. The van der Waals surface area contributed by atoms with Gasteiger partial charge >= 0.3 is 0 Å². The summed E-state index contributed by atoms with van der Waals surface area (Å²) in [6, 6.07) is 10.4. The molecule has 0 spiro atoms. The second-order valence-corrected chi connectivity index (χ2v) is 5.40. The fourth-order valence-electron chi connectivity index (χ4n) is 2.40. The third-order valence-corrected chi connectivity index (χ3v) is 3.69. The molecule has 2 rings (SSSR count). The first-order chi connectivity index (χ1) is 10.3. The second-order valence-electron chi connectivity index (χ2n) is 5.02. The van der Waals surface area contributed by atoms with Crippen LogP contribution in [0, 0.1) is 0 Å². The van der Waals surface area contributed by atoms with Crippen LogP contribution in [0.15, 0.2) is 30.3 Å². The number of alkyl halides is 1. The van der Waals surface area contributed by atoms with Crippen LogP contribution in [-0.2, 0) is 6.42 Å². The van der Waals surface area contributed by atoms with Gasteiger partial charge in [0.05, 0.1) is 13.2 Å². The minimum absolute atomic E-state index is 0.632. The molecule has 0 bridgehead atoms. The summed E-state index contributed by atoms with van der Waals surface area (Å²) in [5.41, 5.74) is 1.25. The Kier molecular flexibility index (Phi) is 6.19. The first-order valence-electron chi connectivity index (χ1n) is 7.67. The molecule has 2 aromatic carbocycles. The van der Waals surface area contributed by atoms with Gasteiger partial charge in [0.25, 0.3) is 0 Å². The molecule has 0 atom stereocenters. The van der Waals surface area contributed by atoms with Gasteiger partial charge in [-0.1, -0.05) is 26.0 Å². The summed E-state index contributed by atoms with van der Waals surface area (Å²) in [5, 5.41) is 2.44. The molecule has 0 aliphatic carbocycles. The van der Waals surface area contributed by atoms with E-state index in [1.165, 1.54) is 16.3 Å². The van der Waals surface area contributed by atoms with Crippen molar-refractivity contribution in [2.45, 2.75) is 33.1 Å². The van der Waals surface area contributed by atoms with Crippen LogP contribution in [0.5, 0.6) is 11.5 Å². The van der Waals surface area contributed by atoms with Crippen LogP contribution >= 0.6 is 11.6 Å². The van der Waals surface area contributed by atoms with Crippen molar-refractivity contribution < 1.29 is 9.47 Å². The van der Waals surface area contributed by atoms with Gasteiger partial charge in [0.15, 0.2) is 0 Å². The molecular formula is C18H23ClO2. The van der Waals surface area contributed by atoms with Crippen LogP contribution in [0.4, 0.5) is 0 Å². The number of fused-ring (bicyclic) bond motifs is 1. The van der Waals surface area contributed by atoms with E-state index in [2.05, 4.69) is 38.1 Å². The molecular weight excluding hydrogens is 284 g/mol. The normalized spacial score (nSPS) is 10.8. The largest absolute Gasteiger partial charge is 0.494 e. The van der Waals surface area contributed by atoms with Crippen LogP contribution in [-0.4, -0.2) is 19.1 Å². The molecule has 3 heteroatoms. The fourth-order valence-corrected chi connectivity index (χ4v) is 2.51. The Labute approximate surface area is 132 Å². The monoisotopic (exact) mass is 306 g/mol. The first-order valence-corrected chi connectivity index (χ1v) is 8.20.